The second-order valence-corrected chi connectivity index (χ2v) is 7.59. The maximum Gasteiger partial charge on any atom is 0.118 e. The van der Waals surface area contributed by atoms with Crippen molar-refractivity contribution >= 4 is 23.2 Å². The molecule has 3 aromatic rings. The van der Waals surface area contributed by atoms with Crippen LogP contribution in [0.25, 0.3) is 0 Å². The Kier molecular flexibility index (Phi) is 4.77. The van der Waals surface area contributed by atoms with Gasteiger partial charge in [-0.05, 0) is 59.7 Å². The summed E-state index contributed by atoms with van der Waals surface area (Å²) in [5, 5.41) is 19.7. The summed E-state index contributed by atoms with van der Waals surface area (Å²) < 4.78 is 5.27. The Morgan fingerprint density at radius 3 is 2.33 bits per heavy atom. The predicted molar refractivity (Wildman–Crippen MR) is 109 cm³/mol. The van der Waals surface area contributed by atoms with Gasteiger partial charge >= 0.3 is 0 Å². The highest BCUT2D eigenvalue weighted by molar-refractivity contribution is 7.99. The van der Waals surface area contributed by atoms with Crippen LogP contribution < -0.4 is 4.74 Å². The zero-order chi connectivity index (χ0) is 18.8. The van der Waals surface area contributed by atoms with Gasteiger partial charge in [0.05, 0.1) is 12.8 Å². The molecule has 2 N–H and O–H groups in total. The van der Waals surface area contributed by atoms with Crippen LogP contribution in [0.1, 0.15) is 22.8 Å². The molecule has 1 unspecified atom stereocenters. The van der Waals surface area contributed by atoms with Gasteiger partial charge in [0.15, 0.2) is 0 Å². The first-order chi connectivity index (χ1) is 13.1. The molecule has 27 heavy (non-hydrogen) atoms. The zero-order valence-electron chi connectivity index (χ0n) is 14.8. The fraction of sp³-hybridized carbons (Fsp3) is 0.136. The molecule has 4 nitrogen and oxygen atoms in total. The fourth-order valence-electron chi connectivity index (χ4n) is 3.10. The predicted octanol–water partition coefficient (Wildman–Crippen LogP) is 5.46. The quantitative estimate of drug-likeness (QED) is 0.636. The van der Waals surface area contributed by atoms with Crippen LogP contribution >= 0.6 is 11.8 Å². The molecule has 0 aliphatic carbocycles. The van der Waals surface area contributed by atoms with Crippen molar-refractivity contribution in [1.82, 2.24) is 0 Å². The van der Waals surface area contributed by atoms with E-state index >= 15 is 0 Å². The van der Waals surface area contributed by atoms with Crippen molar-refractivity contribution in [3.8, 4) is 17.2 Å². The van der Waals surface area contributed by atoms with E-state index in [1.165, 1.54) is 5.56 Å². The van der Waals surface area contributed by atoms with Crippen molar-refractivity contribution in [1.29, 1.82) is 0 Å². The molecule has 1 heterocycles. The van der Waals surface area contributed by atoms with E-state index in [9.17, 15) is 10.2 Å². The van der Waals surface area contributed by atoms with Crippen LogP contribution in [0.5, 0.6) is 17.2 Å². The maximum absolute atomic E-state index is 9.89. The van der Waals surface area contributed by atoms with E-state index in [1.54, 1.807) is 43.1 Å². The number of hydrogen-bond acceptors (Lipinski definition) is 5. The normalized spacial score (nSPS) is 16.2. The third kappa shape index (κ3) is 3.78. The Labute approximate surface area is 162 Å². The molecule has 0 bridgehead atoms. The van der Waals surface area contributed by atoms with Crippen molar-refractivity contribution in [3.05, 3.63) is 77.9 Å². The molecule has 1 aliphatic rings. The summed E-state index contributed by atoms with van der Waals surface area (Å²) in [5.41, 5.74) is 3.84. The Morgan fingerprint density at radius 1 is 0.926 bits per heavy atom. The van der Waals surface area contributed by atoms with Gasteiger partial charge in [0.25, 0.3) is 0 Å². The molecule has 0 fully saturated rings. The van der Waals surface area contributed by atoms with Gasteiger partial charge in [0.2, 0.25) is 0 Å². The molecule has 0 spiro atoms. The summed E-state index contributed by atoms with van der Waals surface area (Å²) in [6.07, 6.45) is 0.733. The Morgan fingerprint density at radius 2 is 1.63 bits per heavy atom. The van der Waals surface area contributed by atoms with Crippen LogP contribution in [-0.4, -0.2) is 23.0 Å². The summed E-state index contributed by atoms with van der Waals surface area (Å²) in [5.74, 6) is 1.26. The number of methoxy groups -OCH3 is 1. The molecular weight excluding hydrogens is 358 g/mol. The van der Waals surface area contributed by atoms with E-state index in [2.05, 4.69) is 12.1 Å². The highest BCUT2D eigenvalue weighted by atomic mass is 32.2. The summed E-state index contributed by atoms with van der Waals surface area (Å²) in [4.78, 5) is 5.87. The summed E-state index contributed by atoms with van der Waals surface area (Å²) in [6.45, 7) is 0. The Hall–Kier alpha value is -2.92. The van der Waals surface area contributed by atoms with Crippen LogP contribution in [0.15, 0.2) is 76.6 Å². The average molecular weight is 377 g/mol. The number of hydrogen-bond donors (Lipinski definition) is 2. The number of phenols is 2. The van der Waals surface area contributed by atoms with Gasteiger partial charge in [-0.2, -0.15) is 0 Å². The molecule has 4 rings (SSSR count). The van der Waals surface area contributed by atoms with Gasteiger partial charge in [0.1, 0.15) is 17.2 Å². The average Bonchev–Trinajstić information content (AvgIpc) is 2.88. The van der Waals surface area contributed by atoms with Gasteiger partial charge in [0, 0.05) is 28.3 Å². The van der Waals surface area contributed by atoms with Gasteiger partial charge in [-0.1, -0.05) is 12.1 Å². The van der Waals surface area contributed by atoms with Gasteiger partial charge in [-0.15, -0.1) is 11.8 Å². The van der Waals surface area contributed by atoms with Crippen LogP contribution in [0.3, 0.4) is 0 Å². The van der Waals surface area contributed by atoms with Gasteiger partial charge in [-0.25, -0.2) is 0 Å². The molecule has 0 saturated carbocycles. The van der Waals surface area contributed by atoms with E-state index in [-0.39, 0.29) is 16.7 Å². The molecule has 0 aromatic heterocycles. The second-order valence-electron chi connectivity index (χ2n) is 6.34. The van der Waals surface area contributed by atoms with Crippen LogP contribution in [0.2, 0.25) is 0 Å². The molecule has 0 amide bonds. The van der Waals surface area contributed by atoms with Crippen molar-refractivity contribution in [3.63, 3.8) is 0 Å². The van der Waals surface area contributed by atoms with Crippen molar-refractivity contribution in [2.45, 2.75) is 16.6 Å². The lowest BCUT2D eigenvalue weighted by molar-refractivity contribution is 0.414. The highest BCUT2D eigenvalue weighted by Crippen LogP contribution is 2.46. The maximum atomic E-state index is 9.89. The number of aromatic hydroxyl groups is 2. The van der Waals surface area contributed by atoms with Gasteiger partial charge in [-0.3, -0.25) is 4.99 Å². The molecule has 0 saturated heterocycles. The molecule has 5 heteroatoms. The lowest BCUT2D eigenvalue weighted by atomic mass is 10.0. The molecular formula is C22H19NO3S. The molecule has 136 valence electrons. The number of nitrogens with zero attached hydrogens (tertiary/aromatic N) is 1. The van der Waals surface area contributed by atoms with E-state index < -0.39 is 0 Å². The van der Waals surface area contributed by atoms with Crippen molar-refractivity contribution in [2.24, 2.45) is 4.99 Å². The van der Waals surface area contributed by atoms with Crippen molar-refractivity contribution < 1.29 is 14.9 Å². The summed E-state index contributed by atoms with van der Waals surface area (Å²) in [7, 11) is 1.66. The van der Waals surface area contributed by atoms with Crippen molar-refractivity contribution in [2.75, 3.05) is 7.11 Å². The second kappa shape index (κ2) is 7.37. The van der Waals surface area contributed by atoms with E-state index in [1.807, 2.05) is 30.3 Å². The minimum atomic E-state index is 0.175. The van der Waals surface area contributed by atoms with Crippen LogP contribution in [0.4, 0.5) is 5.69 Å². The largest absolute Gasteiger partial charge is 0.508 e. The number of phenolic OH excluding ortho intramolecular Hbond substituents is 2. The monoisotopic (exact) mass is 377 g/mol. The smallest absolute Gasteiger partial charge is 0.118 e. The van der Waals surface area contributed by atoms with E-state index in [0.29, 0.717) is 0 Å². The molecule has 3 aromatic carbocycles. The minimum Gasteiger partial charge on any atom is -0.508 e. The zero-order valence-corrected chi connectivity index (χ0v) is 15.6. The number of fused-ring (bicyclic) bond motifs is 1. The first kappa shape index (κ1) is 17.5. The Balaban J connectivity index is 1.77. The molecule has 1 atom stereocenters. The highest BCUT2D eigenvalue weighted by Gasteiger charge is 2.23. The first-order valence-electron chi connectivity index (χ1n) is 8.63. The third-order valence-corrected chi connectivity index (χ3v) is 5.86. The lowest BCUT2D eigenvalue weighted by Crippen LogP contribution is -2.05. The third-order valence-electron chi connectivity index (χ3n) is 4.53. The number of aliphatic imine (C=N–C) groups is 1. The number of ether oxygens (including phenoxy) is 1. The summed E-state index contributed by atoms with van der Waals surface area (Å²) in [6, 6.07) is 20.5. The SMILES string of the molecule is COc1ccc(C2CC(c3ccc(O)cc3)=Nc3cc(O)ccc3S2)cc1. The fourth-order valence-corrected chi connectivity index (χ4v) is 4.31. The standard InChI is InChI=1S/C22H19NO3S/c1-26-18-9-4-15(5-10-18)22-13-19(14-2-6-16(24)7-3-14)23-20-12-17(25)8-11-21(20)27-22/h2-12,22,24-25H,13H2,1H3. The first-order valence-corrected chi connectivity index (χ1v) is 9.51. The number of benzene rings is 3. The minimum absolute atomic E-state index is 0.175. The number of rotatable bonds is 3. The van der Waals surface area contributed by atoms with Crippen LogP contribution in [0, 0.1) is 0 Å². The molecule has 0 radical (unpaired) electrons. The lowest BCUT2D eigenvalue weighted by Gasteiger charge is -2.16. The van der Waals surface area contributed by atoms with Gasteiger partial charge < -0.3 is 14.9 Å². The van der Waals surface area contributed by atoms with Crippen LogP contribution in [-0.2, 0) is 0 Å². The summed E-state index contributed by atoms with van der Waals surface area (Å²) >= 11 is 1.74. The number of thioether (sulfide) groups is 1. The Bertz CT molecular complexity index is 981. The molecule has 1 aliphatic heterocycles. The topological polar surface area (TPSA) is 62.0 Å². The van der Waals surface area contributed by atoms with E-state index in [4.69, 9.17) is 9.73 Å². The van der Waals surface area contributed by atoms with E-state index in [0.717, 1.165) is 34.0 Å².